The highest BCUT2D eigenvalue weighted by Crippen LogP contribution is 2.52. The summed E-state index contributed by atoms with van der Waals surface area (Å²) in [4.78, 5) is 34.3. The Morgan fingerprint density at radius 3 is 2.42 bits per heavy atom. The molecule has 2 aromatic carbocycles. The second-order valence-corrected chi connectivity index (χ2v) is 13.2. The molecule has 1 aliphatic carbocycles. The number of aromatic nitrogens is 1. The smallest absolute Gasteiger partial charge is 0.410 e. The summed E-state index contributed by atoms with van der Waals surface area (Å²) < 4.78 is 22.9. The molecule has 0 spiro atoms. The molecule has 1 aromatic heterocycles. The Morgan fingerprint density at radius 2 is 1.76 bits per heavy atom. The van der Waals surface area contributed by atoms with Gasteiger partial charge in [0.1, 0.15) is 23.8 Å². The molecular weight excluding hydrogens is 570 g/mol. The minimum atomic E-state index is -0.591. The first-order valence-corrected chi connectivity index (χ1v) is 15.5. The molecule has 0 radical (unpaired) electrons. The van der Waals surface area contributed by atoms with Gasteiger partial charge in [0.25, 0.3) is 0 Å². The van der Waals surface area contributed by atoms with Crippen molar-refractivity contribution in [1.82, 2.24) is 9.88 Å². The summed E-state index contributed by atoms with van der Waals surface area (Å²) in [6.07, 6.45) is 1.22. The fourth-order valence-electron chi connectivity index (χ4n) is 6.23. The number of hydrogen-bond acceptors (Lipinski definition) is 8. The number of amides is 1. The highest BCUT2D eigenvalue weighted by molar-refractivity contribution is 5.81. The van der Waals surface area contributed by atoms with Crippen LogP contribution in [0, 0.1) is 19.3 Å². The van der Waals surface area contributed by atoms with Crippen LogP contribution in [0.2, 0.25) is 0 Å². The molecule has 0 bridgehead atoms. The number of rotatable bonds is 10. The van der Waals surface area contributed by atoms with E-state index in [1.165, 1.54) is 7.11 Å². The number of benzene rings is 2. The summed E-state index contributed by atoms with van der Waals surface area (Å²) in [5.74, 6) is 1.30. The van der Waals surface area contributed by atoms with Crippen LogP contribution >= 0.6 is 0 Å². The first-order chi connectivity index (χ1) is 21.4. The number of hydrogen-bond donors (Lipinski definition) is 0. The van der Waals surface area contributed by atoms with Crippen molar-refractivity contribution in [2.45, 2.75) is 78.8 Å². The molecular formula is C36H45N3O6. The number of methoxy groups -OCH3 is 2. The van der Waals surface area contributed by atoms with Crippen LogP contribution in [0.5, 0.6) is 5.75 Å². The Hall–Kier alpha value is -4.11. The van der Waals surface area contributed by atoms with Crippen molar-refractivity contribution >= 4 is 17.9 Å². The predicted molar refractivity (Wildman–Crippen MR) is 173 cm³/mol. The van der Waals surface area contributed by atoms with E-state index < -0.39 is 11.0 Å². The molecule has 3 aromatic rings. The summed E-state index contributed by atoms with van der Waals surface area (Å²) in [5, 5.41) is 0. The lowest BCUT2D eigenvalue weighted by Gasteiger charge is -2.34. The molecule has 2 heterocycles. The summed E-state index contributed by atoms with van der Waals surface area (Å²) in [6, 6.07) is 15.9. The number of carbonyl (C=O) groups is 2. The van der Waals surface area contributed by atoms with Gasteiger partial charge in [-0.25, -0.2) is 9.78 Å². The minimum absolute atomic E-state index is 0.207. The van der Waals surface area contributed by atoms with Gasteiger partial charge in [0.2, 0.25) is 0 Å². The zero-order chi connectivity index (χ0) is 32.5. The molecule has 0 unspecified atom stereocenters. The lowest BCUT2D eigenvalue weighted by Crippen LogP contribution is -2.47. The van der Waals surface area contributed by atoms with E-state index >= 15 is 0 Å². The zero-order valence-corrected chi connectivity index (χ0v) is 27.7. The maximum atomic E-state index is 12.7. The molecule has 2 aliphatic rings. The number of esters is 1. The van der Waals surface area contributed by atoms with Crippen molar-refractivity contribution in [3.05, 3.63) is 76.3 Å². The highest BCUT2D eigenvalue weighted by Gasteiger charge is 2.58. The molecule has 5 rings (SSSR count). The number of nitrogens with zero attached hydrogens (tertiary/aromatic N) is 3. The average Bonchev–Trinajstić information content (AvgIpc) is 3.69. The second kappa shape index (κ2) is 12.7. The molecule has 0 N–H and O–H groups in total. The van der Waals surface area contributed by atoms with Gasteiger partial charge < -0.3 is 23.8 Å². The van der Waals surface area contributed by atoms with Crippen LogP contribution in [0.1, 0.15) is 61.4 Å². The standard InChI is InChI=1S/C36H45N3O6/c1-23-11-9-12-27(29-13-10-14-31(37-29)38(6)30(22-42-7)36(17-18-36)33(40)43-8)32(23)44-21-26-16-15-25-19-39(20-28(25)24(26)2)34(41)45-35(3,4)5/h9-16,30H,17-22H2,1-8H3/t30-/m1/s1. The third-order valence-corrected chi connectivity index (χ3v) is 8.94. The number of pyridine rings is 1. The van der Waals surface area contributed by atoms with E-state index in [2.05, 4.69) is 19.1 Å². The zero-order valence-electron chi connectivity index (χ0n) is 27.7. The molecule has 1 amide bonds. The summed E-state index contributed by atoms with van der Waals surface area (Å²) >= 11 is 0. The Balaban J connectivity index is 1.37. The van der Waals surface area contributed by atoms with E-state index in [1.807, 2.05) is 76.0 Å². The highest BCUT2D eigenvalue weighted by atomic mass is 16.6. The van der Waals surface area contributed by atoms with Gasteiger partial charge in [0.15, 0.2) is 0 Å². The maximum absolute atomic E-state index is 12.7. The quantitative estimate of drug-likeness (QED) is 0.236. The lowest BCUT2D eigenvalue weighted by atomic mass is 9.95. The fourth-order valence-corrected chi connectivity index (χ4v) is 6.23. The van der Waals surface area contributed by atoms with Gasteiger partial charge in [0.05, 0.1) is 30.9 Å². The van der Waals surface area contributed by atoms with Crippen LogP contribution in [0.15, 0.2) is 48.5 Å². The summed E-state index contributed by atoms with van der Waals surface area (Å²) in [7, 11) is 5.04. The SMILES string of the molecule is COC[C@@H](N(C)c1cccc(-c2cccc(C)c2OCc2ccc3c(c2C)CN(C(=O)OC(C)(C)C)C3)n1)C1(C(=O)OC)CC1. The van der Waals surface area contributed by atoms with Crippen LogP contribution in [0.3, 0.4) is 0 Å². The van der Waals surface area contributed by atoms with Crippen LogP contribution < -0.4 is 9.64 Å². The Morgan fingerprint density at radius 1 is 1.02 bits per heavy atom. The molecule has 45 heavy (non-hydrogen) atoms. The van der Waals surface area contributed by atoms with Gasteiger partial charge >= 0.3 is 12.1 Å². The number of carbonyl (C=O) groups excluding carboxylic acids is 2. The van der Waals surface area contributed by atoms with Crippen molar-refractivity contribution in [2.24, 2.45) is 5.41 Å². The van der Waals surface area contributed by atoms with Crippen LogP contribution in [-0.4, -0.2) is 61.5 Å². The third kappa shape index (κ3) is 6.64. The van der Waals surface area contributed by atoms with E-state index in [-0.39, 0.29) is 18.1 Å². The van der Waals surface area contributed by atoms with E-state index in [0.29, 0.717) is 26.3 Å². The number of likely N-dealkylation sites (N-methyl/N-ethyl adjacent to an activating group) is 1. The van der Waals surface area contributed by atoms with Crippen molar-refractivity contribution in [3.8, 4) is 17.0 Å². The van der Waals surface area contributed by atoms with Gasteiger partial charge in [-0.05, 0) is 93.5 Å². The fraction of sp³-hybridized carbons (Fsp3) is 0.472. The van der Waals surface area contributed by atoms with Gasteiger partial charge in [-0.2, -0.15) is 0 Å². The topological polar surface area (TPSA) is 90.4 Å². The van der Waals surface area contributed by atoms with Gasteiger partial charge in [-0.15, -0.1) is 0 Å². The number of ether oxygens (including phenoxy) is 4. The molecule has 1 aliphatic heterocycles. The van der Waals surface area contributed by atoms with Crippen molar-refractivity contribution in [2.75, 3.05) is 32.8 Å². The molecule has 0 saturated heterocycles. The molecule has 9 heteroatoms. The van der Waals surface area contributed by atoms with Crippen molar-refractivity contribution in [3.63, 3.8) is 0 Å². The predicted octanol–water partition coefficient (Wildman–Crippen LogP) is 6.60. The Bertz CT molecular complexity index is 1580. The molecule has 1 atom stereocenters. The van der Waals surface area contributed by atoms with Gasteiger partial charge in [0, 0.05) is 32.8 Å². The van der Waals surface area contributed by atoms with E-state index in [4.69, 9.17) is 23.9 Å². The third-order valence-electron chi connectivity index (χ3n) is 8.94. The number of aryl methyl sites for hydroxylation is 1. The number of para-hydroxylation sites is 1. The van der Waals surface area contributed by atoms with Crippen molar-refractivity contribution in [1.29, 1.82) is 0 Å². The molecule has 9 nitrogen and oxygen atoms in total. The number of anilines is 1. The van der Waals surface area contributed by atoms with E-state index in [0.717, 1.165) is 63.5 Å². The Kier molecular flexibility index (Phi) is 9.12. The average molecular weight is 616 g/mol. The van der Waals surface area contributed by atoms with E-state index in [1.54, 1.807) is 12.0 Å². The largest absolute Gasteiger partial charge is 0.488 e. The van der Waals surface area contributed by atoms with E-state index in [9.17, 15) is 9.59 Å². The van der Waals surface area contributed by atoms with Crippen LogP contribution in [-0.2, 0) is 38.7 Å². The monoisotopic (exact) mass is 615 g/mol. The lowest BCUT2D eigenvalue weighted by molar-refractivity contribution is -0.148. The Labute approximate surface area is 266 Å². The van der Waals surface area contributed by atoms with Crippen LogP contribution in [0.4, 0.5) is 10.6 Å². The first-order valence-electron chi connectivity index (χ1n) is 15.5. The number of fused-ring (bicyclic) bond motifs is 1. The maximum Gasteiger partial charge on any atom is 0.410 e. The van der Waals surface area contributed by atoms with Crippen LogP contribution in [0.25, 0.3) is 11.3 Å². The normalized spacial score (nSPS) is 15.7. The summed E-state index contributed by atoms with van der Waals surface area (Å²) in [6.45, 7) is 11.6. The minimum Gasteiger partial charge on any atom is -0.488 e. The summed E-state index contributed by atoms with van der Waals surface area (Å²) in [5.41, 5.74) is 6.01. The molecule has 1 fully saturated rings. The molecule has 1 saturated carbocycles. The van der Waals surface area contributed by atoms with Gasteiger partial charge in [-0.3, -0.25) is 9.69 Å². The molecule has 240 valence electrons. The first kappa shape index (κ1) is 32.3. The van der Waals surface area contributed by atoms with Gasteiger partial charge in [-0.1, -0.05) is 30.3 Å². The second-order valence-electron chi connectivity index (χ2n) is 13.2. The van der Waals surface area contributed by atoms with Crippen molar-refractivity contribution < 1.29 is 28.5 Å².